The Hall–Kier alpha value is -3.73. The maximum absolute atomic E-state index is 13.6. The summed E-state index contributed by atoms with van der Waals surface area (Å²) >= 11 is 0. The van der Waals surface area contributed by atoms with Crippen molar-refractivity contribution >= 4 is 17.8 Å². The highest BCUT2D eigenvalue weighted by Crippen LogP contribution is 2.17. The van der Waals surface area contributed by atoms with Crippen LogP contribution in [0.1, 0.15) is 26.3 Å². The number of ether oxygens (including phenoxy) is 2. The van der Waals surface area contributed by atoms with Crippen LogP contribution in [0.2, 0.25) is 0 Å². The van der Waals surface area contributed by atoms with Crippen molar-refractivity contribution in [3.8, 4) is 11.5 Å². The molecule has 5 heteroatoms. The van der Waals surface area contributed by atoms with Crippen molar-refractivity contribution in [2.45, 2.75) is 0 Å². The minimum Gasteiger partial charge on any atom is -0.497 e. The monoisotopic (exact) mass is 376 g/mol. The zero-order valence-corrected chi connectivity index (χ0v) is 15.1. The molecule has 0 heterocycles. The van der Waals surface area contributed by atoms with Crippen LogP contribution in [0, 0.1) is 5.82 Å². The number of carbonyl (C=O) groups is 2. The van der Waals surface area contributed by atoms with Gasteiger partial charge in [-0.2, -0.15) is 0 Å². The van der Waals surface area contributed by atoms with Crippen LogP contribution in [0.4, 0.5) is 4.39 Å². The largest absolute Gasteiger partial charge is 0.497 e. The summed E-state index contributed by atoms with van der Waals surface area (Å²) in [5, 5.41) is 0. The summed E-state index contributed by atoms with van der Waals surface area (Å²) in [5.74, 6) is -0.671. The van der Waals surface area contributed by atoms with Crippen LogP contribution in [-0.2, 0) is 0 Å². The fraction of sp³-hybridized carbons (Fsp3) is 0.0435. The topological polar surface area (TPSA) is 52.6 Å². The fourth-order valence-electron chi connectivity index (χ4n) is 2.46. The molecule has 0 aliphatic carbocycles. The van der Waals surface area contributed by atoms with Gasteiger partial charge in [0.05, 0.1) is 12.7 Å². The summed E-state index contributed by atoms with van der Waals surface area (Å²) in [7, 11) is 1.59. The van der Waals surface area contributed by atoms with Crippen LogP contribution in [0.25, 0.3) is 6.08 Å². The van der Waals surface area contributed by atoms with E-state index >= 15 is 0 Å². The van der Waals surface area contributed by atoms with Gasteiger partial charge in [0.2, 0.25) is 0 Å². The van der Waals surface area contributed by atoms with Gasteiger partial charge < -0.3 is 9.47 Å². The van der Waals surface area contributed by atoms with Crippen LogP contribution < -0.4 is 9.47 Å². The molecular formula is C23H17FO4. The molecule has 4 nitrogen and oxygen atoms in total. The van der Waals surface area contributed by atoms with E-state index in [2.05, 4.69) is 0 Å². The number of ketones is 1. The van der Waals surface area contributed by atoms with Gasteiger partial charge in [-0.25, -0.2) is 9.18 Å². The van der Waals surface area contributed by atoms with Crippen molar-refractivity contribution in [3.63, 3.8) is 0 Å². The zero-order chi connectivity index (χ0) is 19.9. The van der Waals surface area contributed by atoms with E-state index in [0.717, 1.165) is 11.3 Å². The normalized spacial score (nSPS) is 10.6. The lowest BCUT2D eigenvalue weighted by molar-refractivity contribution is 0.0730. The number of halogens is 1. The van der Waals surface area contributed by atoms with Crippen LogP contribution >= 0.6 is 0 Å². The Balaban J connectivity index is 1.64. The van der Waals surface area contributed by atoms with Crippen molar-refractivity contribution < 1.29 is 23.5 Å². The fourth-order valence-corrected chi connectivity index (χ4v) is 2.46. The molecule has 0 aromatic heterocycles. The Morgan fingerprint density at radius 1 is 0.857 bits per heavy atom. The minimum absolute atomic E-state index is 0.148. The van der Waals surface area contributed by atoms with Crippen LogP contribution in [0.15, 0.2) is 78.9 Å². The Kier molecular flexibility index (Phi) is 5.97. The third-order valence-corrected chi connectivity index (χ3v) is 3.99. The zero-order valence-electron chi connectivity index (χ0n) is 15.1. The summed E-state index contributed by atoms with van der Waals surface area (Å²) in [5.41, 5.74) is 1.16. The second kappa shape index (κ2) is 8.77. The number of methoxy groups -OCH3 is 1. The lowest BCUT2D eigenvalue weighted by atomic mass is 10.1. The van der Waals surface area contributed by atoms with Gasteiger partial charge in [-0.3, -0.25) is 4.79 Å². The van der Waals surface area contributed by atoms with Crippen LogP contribution in [-0.4, -0.2) is 18.9 Å². The summed E-state index contributed by atoms with van der Waals surface area (Å²) in [6.45, 7) is 0. The number of rotatable bonds is 6. The highest BCUT2D eigenvalue weighted by Gasteiger charge is 2.13. The van der Waals surface area contributed by atoms with Gasteiger partial charge >= 0.3 is 5.97 Å². The molecule has 0 bridgehead atoms. The van der Waals surface area contributed by atoms with Crippen LogP contribution in [0.5, 0.6) is 11.5 Å². The summed E-state index contributed by atoms with van der Waals surface area (Å²) in [4.78, 5) is 24.3. The third-order valence-electron chi connectivity index (χ3n) is 3.99. The van der Waals surface area contributed by atoms with Gasteiger partial charge in [0, 0.05) is 5.56 Å². The van der Waals surface area contributed by atoms with E-state index in [1.165, 1.54) is 36.4 Å². The van der Waals surface area contributed by atoms with E-state index in [9.17, 15) is 14.0 Å². The summed E-state index contributed by atoms with van der Waals surface area (Å²) < 4.78 is 23.9. The molecule has 0 saturated carbocycles. The SMILES string of the molecule is COc1ccc(C=CC(=O)c2ccc(OC(=O)c3ccccc3F)cc2)cc1. The lowest BCUT2D eigenvalue weighted by Gasteiger charge is -2.05. The van der Waals surface area contributed by atoms with Gasteiger partial charge in [0.25, 0.3) is 0 Å². The average Bonchev–Trinajstić information content (AvgIpc) is 2.73. The molecule has 140 valence electrons. The Bertz CT molecular complexity index is 1010. The standard InChI is InChI=1S/C23H17FO4/c1-27-18-11-6-16(7-12-18)8-15-22(25)17-9-13-19(14-10-17)28-23(26)20-4-2-3-5-21(20)24/h2-15H,1H3. The van der Waals surface area contributed by atoms with Gasteiger partial charge in [-0.15, -0.1) is 0 Å². The van der Waals surface area contributed by atoms with Gasteiger partial charge in [0.1, 0.15) is 17.3 Å². The third kappa shape index (κ3) is 4.71. The van der Waals surface area contributed by atoms with Crippen molar-refractivity contribution in [2.24, 2.45) is 0 Å². The summed E-state index contributed by atoms with van der Waals surface area (Å²) in [6, 6.07) is 19.0. The Morgan fingerprint density at radius 2 is 1.50 bits per heavy atom. The molecule has 0 radical (unpaired) electrons. The number of carbonyl (C=O) groups excluding carboxylic acids is 2. The molecule has 3 aromatic carbocycles. The first-order valence-corrected chi connectivity index (χ1v) is 8.50. The second-order valence-corrected chi connectivity index (χ2v) is 5.86. The number of hydrogen-bond donors (Lipinski definition) is 0. The first-order valence-electron chi connectivity index (χ1n) is 8.50. The number of allylic oxidation sites excluding steroid dienone is 1. The second-order valence-electron chi connectivity index (χ2n) is 5.86. The molecule has 3 aromatic rings. The van der Waals surface area contributed by atoms with E-state index in [4.69, 9.17) is 9.47 Å². The Morgan fingerprint density at radius 3 is 2.14 bits per heavy atom. The number of esters is 1. The van der Waals surface area contributed by atoms with E-state index in [-0.39, 0.29) is 17.1 Å². The molecule has 0 saturated heterocycles. The van der Waals surface area contributed by atoms with Crippen LogP contribution in [0.3, 0.4) is 0 Å². The van der Waals surface area contributed by atoms with E-state index in [1.807, 2.05) is 24.3 Å². The maximum atomic E-state index is 13.6. The first kappa shape index (κ1) is 19.0. The molecule has 3 rings (SSSR count). The molecule has 0 N–H and O–H groups in total. The predicted molar refractivity (Wildman–Crippen MR) is 104 cm³/mol. The van der Waals surface area contributed by atoms with Crippen molar-refractivity contribution in [2.75, 3.05) is 7.11 Å². The lowest BCUT2D eigenvalue weighted by Crippen LogP contribution is -2.10. The molecule has 0 aliphatic heterocycles. The van der Waals surface area contributed by atoms with Crippen molar-refractivity contribution in [3.05, 3.63) is 101 Å². The number of benzene rings is 3. The maximum Gasteiger partial charge on any atom is 0.346 e. The number of hydrogen-bond acceptors (Lipinski definition) is 4. The first-order chi connectivity index (χ1) is 13.6. The molecule has 28 heavy (non-hydrogen) atoms. The summed E-state index contributed by atoms with van der Waals surface area (Å²) in [6.07, 6.45) is 3.16. The van der Waals surface area contributed by atoms with E-state index in [1.54, 1.807) is 31.4 Å². The molecule has 0 atom stereocenters. The van der Waals surface area contributed by atoms with Gasteiger partial charge in [-0.05, 0) is 60.2 Å². The highest BCUT2D eigenvalue weighted by molar-refractivity contribution is 6.06. The van der Waals surface area contributed by atoms with Gasteiger partial charge in [-0.1, -0.05) is 30.3 Å². The minimum atomic E-state index is -0.795. The van der Waals surface area contributed by atoms with Crippen molar-refractivity contribution in [1.29, 1.82) is 0 Å². The smallest absolute Gasteiger partial charge is 0.346 e. The Labute approximate surface area is 161 Å². The molecular weight excluding hydrogens is 359 g/mol. The van der Waals surface area contributed by atoms with E-state index < -0.39 is 11.8 Å². The molecule has 0 fully saturated rings. The highest BCUT2D eigenvalue weighted by atomic mass is 19.1. The molecule has 0 spiro atoms. The van der Waals surface area contributed by atoms with Gasteiger partial charge in [0.15, 0.2) is 5.78 Å². The molecule has 0 amide bonds. The van der Waals surface area contributed by atoms with E-state index in [0.29, 0.717) is 5.56 Å². The molecule has 0 aliphatic rings. The quantitative estimate of drug-likeness (QED) is 0.264. The molecule has 0 unspecified atom stereocenters. The average molecular weight is 376 g/mol. The predicted octanol–water partition coefficient (Wildman–Crippen LogP) is 4.95. The van der Waals surface area contributed by atoms with Crippen molar-refractivity contribution in [1.82, 2.24) is 0 Å².